The van der Waals surface area contributed by atoms with Gasteiger partial charge in [0.1, 0.15) is 0 Å². The summed E-state index contributed by atoms with van der Waals surface area (Å²) in [7, 11) is 0. The Morgan fingerprint density at radius 2 is 2.53 bits per heavy atom. The SMILES string of the molecule is CC(SCC(=O)N1CCNC1=O)c1cccs1. The predicted molar refractivity (Wildman–Crippen MR) is 70.3 cm³/mol. The summed E-state index contributed by atoms with van der Waals surface area (Å²) in [4.78, 5) is 25.6. The number of nitrogens with one attached hydrogen (secondary N) is 1. The summed E-state index contributed by atoms with van der Waals surface area (Å²) in [6, 6.07) is 3.81. The fourth-order valence-corrected chi connectivity index (χ4v) is 3.41. The van der Waals surface area contributed by atoms with Crippen LogP contribution in [-0.2, 0) is 4.79 Å². The Labute approximate surface area is 108 Å². The van der Waals surface area contributed by atoms with E-state index in [9.17, 15) is 9.59 Å². The molecule has 0 radical (unpaired) electrons. The van der Waals surface area contributed by atoms with Gasteiger partial charge in [0.2, 0.25) is 5.91 Å². The fourth-order valence-electron chi connectivity index (χ4n) is 1.59. The third kappa shape index (κ3) is 3.01. The molecule has 1 aliphatic heterocycles. The van der Waals surface area contributed by atoms with Crippen LogP contribution in [0.5, 0.6) is 0 Å². The van der Waals surface area contributed by atoms with Gasteiger partial charge in [-0.05, 0) is 18.4 Å². The maximum absolute atomic E-state index is 11.8. The highest BCUT2D eigenvalue weighted by molar-refractivity contribution is 8.00. The molecule has 1 aromatic heterocycles. The molecule has 1 saturated heterocycles. The highest BCUT2D eigenvalue weighted by atomic mass is 32.2. The van der Waals surface area contributed by atoms with Gasteiger partial charge in [0.25, 0.3) is 0 Å². The third-order valence-corrected chi connectivity index (χ3v) is 4.93. The molecule has 3 amide bonds. The van der Waals surface area contributed by atoms with Gasteiger partial charge < -0.3 is 5.32 Å². The number of thiophene rings is 1. The van der Waals surface area contributed by atoms with Crippen molar-refractivity contribution >= 4 is 35.0 Å². The number of hydrogen-bond acceptors (Lipinski definition) is 4. The maximum Gasteiger partial charge on any atom is 0.324 e. The molecule has 1 N–H and O–H groups in total. The Bertz CT molecular complexity index is 406. The van der Waals surface area contributed by atoms with Crippen molar-refractivity contribution in [3.63, 3.8) is 0 Å². The molecule has 0 saturated carbocycles. The van der Waals surface area contributed by atoms with Gasteiger partial charge in [-0.25, -0.2) is 4.79 Å². The summed E-state index contributed by atoms with van der Waals surface area (Å²) >= 11 is 3.26. The Morgan fingerprint density at radius 3 is 3.12 bits per heavy atom. The van der Waals surface area contributed by atoms with Crippen LogP contribution in [0.4, 0.5) is 4.79 Å². The van der Waals surface area contributed by atoms with Crippen LogP contribution in [0.2, 0.25) is 0 Å². The molecule has 6 heteroatoms. The minimum atomic E-state index is -0.264. The lowest BCUT2D eigenvalue weighted by Crippen LogP contribution is -2.35. The van der Waals surface area contributed by atoms with Crippen molar-refractivity contribution in [1.82, 2.24) is 10.2 Å². The second kappa shape index (κ2) is 5.55. The third-order valence-electron chi connectivity index (χ3n) is 2.56. The second-order valence-electron chi connectivity index (χ2n) is 3.75. The molecular formula is C11H14N2O2S2. The van der Waals surface area contributed by atoms with Crippen molar-refractivity contribution in [3.8, 4) is 0 Å². The van der Waals surface area contributed by atoms with Crippen molar-refractivity contribution in [1.29, 1.82) is 0 Å². The summed E-state index contributed by atoms with van der Waals surface area (Å²) in [5.41, 5.74) is 0. The molecule has 1 unspecified atom stereocenters. The number of carbonyl (C=O) groups excluding carboxylic acids is 2. The van der Waals surface area contributed by atoms with E-state index in [-0.39, 0.29) is 11.9 Å². The van der Waals surface area contributed by atoms with Gasteiger partial charge in [0.05, 0.1) is 5.75 Å². The topological polar surface area (TPSA) is 49.4 Å². The molecule has 4 nitrogen and oxygen atoms in total. The first-order chi connectivity index (χ1) is 8.18. The molecule has 0 aliphatic carbocycles. The molecule has 1 atom stereocenters. The number of imide groups is 1. The van der Waals surface area contributed by atoms with Crippen molar-refractivity contribution in [2.75, 3.05) is 18.8 Å². The lowest BCUT2D eigenvalue weighted by molar-refractivity contribution is -0.124. The molecule has 92 valence electrons. The van der Waals surface area contributed by atoms with Gasteiger partial charge in [0, 0.05) is 23.2 Å². The van der Waals surface area contributed by atoms with Crippen molar-refractivity contribution in [2.24, 2.45) is 0 Å². The molecular weight excluding hydrogens is 256 g/mol. The normalized spacial score (nSPS) is 17.0. The summed E-state index contributed by atoms with van der Waals surface area (Å²) in [6.45, 7) is 3.13. The Kier molecular flexibility index (Phi) is 4.06. The molecule has 2 rings (SSSR count). The number of thioether (sulfide) groups is 1. The van der Waals surface area contributed by atoms with Crippen LogP contribution < -0.4 is 5.32 Å². The van der Waals surface area contributed by atoms with Crippen molar-refractivity contribution in [3.05, 3.63) is 22.4 Å². The van der Waals surface area contributed by atoms with Gasteiger partial charge in [-0.2, -0.15) is 0 Å². The van der Waals surface area contributed by atoms with Gasteiger partial charge in [0.15, 0.2) is 0 Å². The highest BCUT2D eigenvalue weighted by Crippen LogP contribution is 2.31. The first-order valence-corrected chi connectivity index (χ1v) is 7.34. The van der Waals surface area contributed by atoms with E-state index in [1.165, 1.54) is 9.78 Å². The Balaban J connectivity index is 1.82. The minimum Gasteiger partial charge on any atom is -0.336 e. The second-order valence-corrected chi connectivity index (χ2v) is 6.05. The molecule has 17 heavy (non-hydrogen) atoms. The highest BCUT2D eigenvalue weighted by Gasteiger charge is 2.26. The molecule has 0 bridgehead atoms. The van der Waals surface area contributed by atoms with Gasteiger partial charge in [-0.1, -0.05) is 6.07 Å². The van der Waals surface area contributed by atoms with Crippen LogP contribution in [0, 0.1) is 0 Å². The Hall–Kier alpha value is -1.01. The van der Waals surface area contributed by atoms with E-state index < -0.39 is 0 Å². The van der Waals surface area contributed by atoms with Crippen LogP contribution in [0.15, 0.2) is 17.5 Å². The largest absolute Gasteiger partial charge is 0.336 e. The van der Waals surface area contributed by atoms with Crippen LogP contribution in [-0.4, -0.2) is 35.7 Å². The zero-order valence-corrected chi connectivity index (χ0v) is 11.1. The first-order valence-electron chi connectivity index (χ1n) is 5.41. The quantitative estimate of drug-likeness (QED) is 0.911. The number of amides is 3. The average Bonchev–Trinajstić information content (AvgIpc) is 2.95. The first kappa shape index (κ1) is 12.4. The van der Waals surface area contributed by atoms with Crippen LogP contribution in [0.25, 0.3) is 0 Å². The van der Waals surface area contributed by atoms with E-state index in [0.29, 0.717) is 24.1 Å². The van der Waals surface area contributed by atoms with E-state index in [4.69, 9.17) is 0 Å². The smallest absolute Gasteiger partial charge is 0.324 e. The zero-order valence-electron chi connectivity index (χ0n) is 9.51. The van der Waals surface area contributed by atoms with Crippen LogP contribution in [0.3, 0.4) is 0 Å². The van der Waals surface area contributed by atoms with Crippen molar-refractivity contribution < 1.29 is 9.59 Å². The van der Waals surface area contributed by atoms with E-state index >= 15 is 0 Å². The lowest BCUT2D eigenvalue weighted by atomic mass is 10.4. The number of nitrogens with zero attached hydrogens (tertiary/aromatic N) is 1. The van der Waals surface area contributed by atoms with Crippen LogP contribution >= 0.6 is 23.1 Å². The molecule has 2 heterocycles. The number of rotatable bonds is 4. The molecule has 0 spiro atoms. The van der Waals surface area contributed by atoms with E-state index in [0.717, 1.165) is 0 Å². The zero-order chi connectivity index (χ0) is 12.3. The van der Waals surface area contributed by atoms with E-state index in [2.05, 4.69) is 18.3 Å². The number of urea groups is 1. The van der Waals surface area contributed by atoms with Gasteiger partial charge in [-0.15, -0.1) is 23.1 Å². The van der Waals surface area contributed by atoms with Gasteiger partial charge in [-0.3, -0.25) is 9.69 Å². The van der Waals surface area contributed by atoms with E-state index in [1.807, 2.05) is 11.4 Å². The lowest BCUT2D eigenvalue weighted by Gasteiger charge is -2.13. The summed E-state index contributed by atoms with van der Waals surface area (Å²) in [5.74, 6) is 0.250. The standard InChI is InChI=1S/C11H14N2O2S2/c1-8(9-3-2-6-16-9)17-7-10(14)13-5-4-12-11(13)15/h2-3,6,8H,4-5,7H2,1H3,(H,12,15). The van der Waals surface area contributed by atoms with Gasteiger partial charge >= 0.3 is 6.03 Å². The maximum atomic E-state index is 11.8. The monoisotopic (exact) mass is 270 g/mol. The fraction of sp³-hybridized carbons (Fsp3) is 0.455. The Morgan fingerprint density at radius 1 is 1.71 bits per heavy atom. The average molecular weight is 270 g/mol. The predicted octanol–water partition coefficient (Wildman–Crippen LogP) is 2.09. The van der Waals surface area contributed by atoms with E-state index in [1.54, 1.807) is 23.1 Å². The minimum absolute atomic E-state index is 0.103. The summed E-state index contributed by atoms with van der Waals surface area (Å²) in [5, 5.41) is 4.95. The molecule has 0 aromatic carbocycles. The molecule has 1 aliphatic rings. The van der Waals surface area contributed by atoms with Crippen LogP contribution in [0.1, 0.15) is 17.1 Å². The number of hydrogen-bond donors (Lipinski definition) is 1. The van der Waals surface area contributed by atoms with Crippen molar-refractivity contribution in [2.45, 2.75) is 12.2 Å². The number of carbonyl (C=O) groups is 2. The summed E-state index contributed by atoms with van der Waals surface area (Å²) < 4.78 is 0. The molecule has 1 fully saturated rings. The summed E-state index contributed by atoms with van der Waals surface area (Å²) in [6.07, 6.45) is 0. The molecule has 1 aromatic rings.